The third-order valence-electron chi connectivity index (χ3n) is 3.67. The Kier molecular flexibility index (Phi) is 3.36. The van der Waals surface area contributed by atoms with E-state index in [0.29, 0.717) is 12.2 Å². The van der Waals surface area contributed by atoms with Crippen LogP contribution in [0.3, 0.4) is 0 Å². The maximum Gasteiger partial charge on any atom is 0.265 e. The van der Waals surface area contributed by atoms with Crippen LogP contribution in [0, 0.1) is 0 Å². The number of hydrogen-bond donors (Lipinski definition) is 2. The van der Waals surface area contributed by atoms with Gasteiger partial charge < -0.3 is 16.0 Å². The number of nitrogen functional groups attached to an aromatic ring is 1. The summed E-state index contributed by atoms with van der Waals surface area (Å²) in [5, 5.41) is 1.03. The van der Waals surface area contributed by atoms with Crippen LogP contribution in [0.2, 0.25) is 0 Å². The Hall–Kier alpha value is -2.75. The molecule has 0 bridgehead atoms. The molecule has 0 aliphatic heterocycles. The van der Waals surface area contributed by atoms with E-state index in [1.165, 1.54) is 5.56 Å². The fourth-order valence-corrected chi connectivity index (χ4v) is 2.58. The lowest BCUT2D eigenvalue weighted by Crippen LogP contribution is -2.17. The largest absolute Gasteiger partial charge is 0.399 e. The molecule has 0 spiro atoms. The standard InChI is InChI=1S/C17H17N3O/c18-14-7-5-12(6-8-14)9-10-20-15-4-2-1-3-13(15)11-16(20)17(19)21/h1-8,11H,9-10,18H2,(H2,19,21). The molecular formula is C17H17N3O. The van der Waals surface area contributed by atoms with Crippen LogP contribution in [-0.2, 0) is 13.0 Å². The number of para-hydroxylation sites is 1. The normalized spacial score (nSPS) is 10.9. The number of anilines is 1. The predicted molar refractivity (Wildman–Crippen MR) is 85.0 cm³/mol. The lowest BCUT2D eigenvalue weighted by molar-refractivity contribution is 0.0992. The molecule has 0 radical (unpaired) electrons. The van der Waals surface area contributed by atoms with Crippen molar-refractivity contribution in [1.82, 2.24) is 4.57 Å². The van der Waals surface area contributed by atoms with Crippen molar-refractivity contribution in [2.75, 3.05) is 5.73 Å². The molecule has 1 amide bonds. The van der Waals surface area contributed by atoms with Crippen LogP contribution in [0.4, 0.5) is 5.69 Å². The van der Waals surface area contributed by atoms with Crippen LogP contribution < -0.4 is 11.5 Å². The molecule has 1 aromatic heterocycles. The molecule has 0 saturated heterocycles. The van der Waals surface area contributed by atoms with E-state index in [-0.39, 0.29) is 0 Å². The first-order chi connectivity index (χ1) is 10.1. The van der Waals surface area contributed by atoms with Gasteiger partial charge >= 0.3 is 0 Å². The molecule has 3 aromatic rings. The van der Waals surface area contributed by atoms with Gasteiger partial charge in [0.15, 0.2) is 0 Å². The number of carbonyl (C=O) groups excluding carboxylic acids is 1. The van der Waals surface area contributed by atoms with Crippen LogP contribution in [0.1, 0.15) is 16.1 Å². The second-order valence-electron chi connectivity index (χ2n) is 5.10. The summed E-state index contributed by atoms with van der Waals surface area (Å²) >= 11 is 0. The summed E-state index contributed by atoms with van der Waals surface area (Å²) in [6.07, 6.45) is 0.819. The van der Waals surface area contributed by atoms with Gasteiger partial charge in [0.2, 0.25) is 0 Å². The molecule has 0 unspecified atom stereocenters. The molecule has 4 heteroatoms. The molecule has 4 nitrogen and oxygen atoms in total. The first-order valence-electron chi connectivity index (χ1n) is 6.87. The molecule has 4 N–H and O–H groups in total. The number of rotatable bonds is 4. The minimum absolute atomic E-state index is 0.400. The van der Waals surface area contributed by atoms with E-state index in [2.05, 4.69) is 0 Å². The van der Waals surface area contributed by atoms with Gasteiger partial charge in [-0.1, -0.05) is 30.3 Å². The monoisotopic (exact) mass is 279 g/mol. The van der Waals surface area contributed by atoms with Gasteiger partial charge in [-0.05, 0) is 36.2 Å². The third kappa shape index (κ3) is 2.60. The fraction of sp³-hybridized carbons (Fsp3) is 0.118. The quantitative estimate of drug-likeness (QED) is 0.720. The van der Waals surface area contributed by atoms with Crippen LogP contribution in [0.25, 0.3) is 10.9 Å². The summed E-state index contributed by atoms with van der Waals surface area (Å²) < 4.78 is 1.98. The topological polar surface area (TPSA) is 74.0 Å². The van der Waals surface area contributed by atoms with Crippen molar-refractivity contribution in [2.45, 2.75) is 13.0 Å². The Morgan fingerprint density at radius 1 is 1.05 bits per heavy atom. The molecule has 106 valence electrons. The van der Waals surface area contributed by atoms with Crippen LogP contribution in [-0.4, -0.2) is 10.5 Å². The Bertz CT molecular complexity index is 787. The van der Waals surface area contributed by atoms with Crippen LogP contribution in [0.5, 0.6) is 0 Å². The van der Waals surface area contributed by atoms with Crippen molar-refractivity contribution in [3.63, 3.8) is 0 Å². The van der Waals surface area contributed by atoms with Gasteiger partial charge in [-0.2, -0.15) is 0 Å². The van der Waals surface area contributed by atoms with Crippen molar-refractivity contribution in [3.05, 3.63) is 65.9 Å². The van der Waals surface area contributed by atoms with Gasteiger partial charge in [-0.15, -0.1) is 0 Å². The number of hydrogen-bond acceptors (Lipinski definition) is 2. The zero-order chi connectivity index (χ0) is 14.8. The number of aryl methyl sites for hydroxylation is 2. The SMILES string of the molecule is NC(=O)c1cc2ccccc2n1CCc1ccc(N)cc1. The smallest absolute Gasteiger partial charge is 0.265 e. The van der Waals surface area contributed by atoms with Crippen molar-refractivity contribution < 1.29 is 4.79 Å². The first kappa shape index (κ1) is 13.2. The van der Waals surface area contributed by atoms with E-state index < -0.39 is 5.91 Å². The van der Waals surface area contributed by atoms with Crippen molar-refractivity contribution in [2.24, 2.45) is 5.73 Å². The summed E-state index contributed by atoms with van der Waals surface area (Å²) in [6, 6.07) is 17.5. The maximum atomic E-state index is 11.6. The summed E-state index contributed by atoms with van der Waals surface area (Å²) in [5.41, 5.74) is 14.7. The first-order valence-corrected chi connectivity index (χ1v) is 6.87. The van der Waals surface area contributed by atoms with E-state index in [1.807, 2.05) is 59.2 Å². The van der Waals surface area contributed by atoms with Gasteiger partial charge in [-0.3, -0.25) is 4.79 Å². The predicted octanol–water partition coefficient (Wildman–Crippen LogP) is 2.57. The molecule has 21 heavy (non-hydrogen) atoms. The molecule has 0 aliphatic carbocycles. The summed E-state index contributed by atoms with van der Waals surface area (Å²) in [4.78, 5) is 11.6. The average Bonchev–Trinajstić information content (AvgIpc) is 2.86. The Morgan fingerprint density at radius 2 is 1.76 bits per heavy atom. The molecular weight excluding hydrogens is 262 g/mol. The Labute approximate surface area is 123 Å². The fourth-order valence-electron chi connectivity index (χ4n) is 2.58. The Balaban J connectivity index is 1.93. The zero-order valence-electron chi connectivity index (χ0n) is 11.6. The summed E-state index contributed by atoms with van der Waals surface area (Å²) in [7, 11) is 0. The van der Waals surface area contributed by atoms with Crippen molar-refractivity contribution in [1.29, 1.82) is 0 Å². The van der Waals surface area contributed by atoms with Gasteiger partial charge in [0, 0.05) is 23.1 Å². The number of benzene rings is 2. The lowest BCUT2D eigenvalue weighted by atomic mass is 10.1. The average molecular weight is 279 g/mol. The highest BCUT2D eigenvalue weighted by molar-refractivity contribution is 5.97. The molecule has 3 rings (SSSR count). The highest BCUT2D eigenvalue weighted by Crippen LogP contribution is 2.20. The number of nitrogens with two attached hydrogens (primary N) is 2. The number of fused-ring (bicyclic) bond motifs is 1. The van der Waals surface area contributed by atoms with Crippen LogP contribution in [0.15, 0.2) is 54.6 Å². The van der Waals surface area contributed by atoms with Crippen LogP contribution >= 0.6 is 0 Å². The van der Waals surface area contributed by atoms with Gasteiger partial charge in [0.05, 0.1) is 0 Å². The van der Waals surface area contributed by atoms with E-state index in [4.69, 9.17) is 11.5 Å². The highest BCUT2D eigenvalue weighted by Gasteiger charge is 2.12. The van der Waals surface area contributed by atoms with E-state index in [9.17, 15) is 4.79 Å². The number of aromatic nitrogens is 1. The summed E-state index contributed by atoms with van der Waals surface area (Å²) in [5.74, 6) is -0.400. The number of primary amides is 1. The van der Waals surface area contributed by atoms with Gasteiger partial charge in [0.1, 0.15) is 5.69 Å². The minimum atomic E-state index is -0.400. The molecule has 0 aliphatic rings. The minimum Gasteiger partial charge on any atom is -0.399 e. The van der Waals surface area contributed by atoms with Crippen molar-refractivity contribution in [3.8, 4) is 0 Å². The van der Waals surface area contributed by atoms with Gasteiger partial charge in [-0.25, -0.2) is 0 Å². The lowest BCUT2D eigenvalue weighted by Gasteiger charge is -2.09. The second-order valence-corrected chi connectivity index (χ2v) is 5.10. The van der Waals surface area contributed by atoms with Crippen molar-refractivity contribution >= 4 is 22.5 Å². The molecule has 0 fully saturated rings. The van der Waals surface area contributed by atoms with E-state index in [0.717, 1.165) is 23.0 Å². The molecule has 0 saturated carbocycles. The zero-order valence-corrected chi connectivity index (χ0v) is 11.6. The number of amides is 1. The van der Waals surface area contributed by atoms with Gasteiger partial charge in [0.25, 0.3) is 5.91 Å². The summed E-state index contributed by atoms with van der Waals surface area (Å²) in [6.45, 7) is 0.704. The molecule has 2 aromatic carbocycles. The second kappa shape index (κ2) is 5.32. The van der Waals surface area contributed by atoms with E-state index in [1.54, 1.807) is 0 Å². The van der Waals surface area contributed by atoms with E-state index >= 15 is 0 Å². The number of nitrogens with zero attached hydrogens (tertiary/aromatic N) is 1. The Morgan fingerprint density at radius 3 is 2.48 bits per heavy atom. The third-order valence-corrected chi connectivity index (χ3v) is 3.67. The highest BCUT2D eigenvalue weighted by atomic mass is 16.1. The molecule has 1 heterocycles. The maximum absolute atomic E-state index is 11.6. The molecule has 0 atom stereocenters. The number of carbonyl (C=O) groups is 1.